The molecule has 8 heteroatoms. The first kappa shape index (κ1) is 13.2. The van der Waals surface area contributed by atoms with Gasteiger partial charge in [-0.3, -0.25) is 14.9 Å². The Bertz CT molecular complexity index is 653. The van der Waals surface area contributed by atoms with Crippen LogP contribution < -0.4 is 0 Å². The molecule has 0 fully saturated rings. The van der Waals surface area contributed by atoms with E-state index in [2.05, 4.69) is 10.2 Å². The van der Waals surface area contributed by atoms with Crippen LogP contribution in [0.1, 0.15) is 16.2 Å². The van der Waals surface area contributed by atoms with Gasteiger partial charge < -0.3 is 4.57 Å². The molecule has 98 valence electrons. The van der Waals surface area contributed by atoms with Crippen LogP contribution in [-0.4, -0.2) is 26.0 Å². The number of aromatic nitrogens is 3. The maximum atomic E-state index is 10.9. The maximum absolute atomic E-state index is 10.9. The van der Waals surface area contributed by atoms with E-state index in [4.69, 9.17) is 0 Å². The second kappa shape index (κ2) is 5.19. The number of nitro benzene ring substituents is 1. The summed E-state index contributed by atoms with van der Waals surface area (Å²) in [7, 11) is 1.82. The van der Waals surface area contributed by atoms with Crippen LogP contribution in [0.5, 0.6) is 0 Å². The van der Waals surface area contributed by atoms with Gasteiger partial charge in [0, 0.05) is 18.0 Å². The van der Waals surface area contributed by atoms with Gasteiger partial charge >= 0.3 is 0 Å². The van der Waals surface area contributed by atoms with Gasteiger partial charge in [0.2, 0.25) is 0 Å². The molecule has 0 bridgehead atoms. The zero-order valence-corrected chi connectivity index (χ0v) is 11.0. The third-order valence-corrected chi connectivity index (χ3v) is 3.61. The summed E-state index contributed by atoms with van der Waals surface area (Å²) in [5, 5.41) is 19.3. The lowest BCUT2D eigenvalue weighted by molar-refractivity contribution is -0.385. The zero-order valence-electron chi connectivity index (χ0n) is 10.2. The molecule has 1 heterocycles. The first-order chi connectivity index (χ1) is 9.02. The lowest BCUT2D eigenvalue weighted by Gasteiger charge is -2.02. The normalized spacial score (nSPS) is 10.4. The second-order valence-corrected chi connectivity index (χ2v) is 4.83. The van der Waals surface area contributed by atoms with Crippen molar-refractivity contribution in [3.8, 4) is 0 Å². The van der Waals surface area contributed by atoms with Crippen molar-refractivity contribution in [2.45, 2.75) is 17.0 Å². The minimum Gasteiger partial charge on any atom is -0.309 e. The molecular formula is C11H10N4O3S. The highest BCUT2D eigenvalue weighted by atomic mass is 32.2. The highest BCUT2D eigenvalue weighted by Gasteiger charge is 2.15. The Labute approximate surface area is 112 Å². The SMILES string of the molecule is Cc1nnc(Sc2ccc([N+](=O)[O-])c(C=O)c2)n1C. The molecule has 0 saturated heterocycles. The third kappa shape index (κ3) is 2.63. The van der Waals surface area contributed by atoms with Crippen LogP contribution >= 0.6 is 11.8 Å². The Morgan fingerprint density at radius 3 is 2.68 bits per heavy atom. The molecule has 19 heavy (non-hydrogen) atoms. The van der Waals surface area contributed by atoms with E-state index < -0.39 is 4.92 Å². The predicted octanol–water partition coefficient (Wildman–Crippen LogP) is 2.00. The molecule has 0 unspecified atom stereocenters. The fourth-order valence-corrected chi connectivity index (χ4v) is 2.32. The van der Waals surface area contributed by atoms with Gasteiger partial charge in [0.1, 0.15) is 5.82 Å². The summed E-state index contributed by atoms with van der Waals surface area (Å²) in [4.78, 5) is 21.7. The van der Waals surface area contributed by atoms with E-state index in [-0.39, 0.29) is 11.3 Å². The van der Waals surface area contributed by atoms with Crippen molar-refractivity contribution in [2.75, 3.05) is 0 Å². The maximum Gasteiger partial charge on any atom is 0.279 e. The third-order valence-electron chi connectivity index (χ3n) is 2.58. The molecule has 0 aliphatic carbocycles. The number of aryl methyl sites for hydroxylation is 1. The average Bonchev–Trinajstić information content (AvgIpc) is 2.70. The molecule has 0 radical (unpaired) electrons. The molecule has 0 amide bonds. The first-order valence-electron chi connectivity index (χ1n) is 5.30. The van der Waals surface area contributed by atoms with E-state index in [0.717, 1.165) is 5.82 Å². The quantitative estimate of drug-likeness (QED) is 0.482. The average molecular weight is 278 g/mol. The van der Waals surface area contributed by atoms with Gasteiger partial charge in [-0.2, -0.15) is 0 Å². The highest BCUT2D eigenvalue weighted by molar-refractivity contribution is 7.99. The Hall–Kier alpha value is -2.22. The summed E-state index contributed by atoms with van der Waals surface area (Å²) in [6, 6.07) is 4.37. The van der Waals surface area contributed by atoms with Crippen LogP contribution in [0, 0.1) is 17.0 Å². The van der Waals surface area contributed by atoms with E-state index in [0.29, 0.717) is 16.3 Å². The molecule has 0 atom stereocenters. The van der Waals surface area contributed by atoms with E-state index in [1.165, 1.54) is 23.9 Å². The molecule has 2 rings (SSSR count). The van der Waals surface area contributed by atoms with E-state index >= 15 is 0 Å². The molecule has 1 aromatic carbocycles. The number of nitrogens with zero attached hydrogens (tertiary/aromatic N) is 4. The number of benzene rings is 1. The highest BCUT2D eigenvalue weighted by Crippen LogP contribution is 2.29. The summed E-state index contributed by atoms with van der Waals surface area (Å²) in [6.45, 7) is 1.82. The van der Waals surface area contributed by atoms with Gasteiger partial charge in [-0.15, -0.1) is 10.2 Å². The van der Waals surface area contributed by atoms with E-state index in [1.807, 2.05) is 14.0 Å². The Morgan fingerprint density at radius 1 is 1.42 bits per heavy atom. The van der Waals surface area contributed by atoms with Crippen molar-refractivity contribution in [2.24, 2.45) is 7.05 Å². The van der Waals surface area contributed by atoms with Gasteiger partial charge in [-0.05, 0) is 30.8 Å². The van der Waals surface area contributed by atoms with Crippen LogP contribution in [-0.2, 0) is 7.05 Å². The topological polar surface area (TPSA) is 90.9 Å². The largest absolute Gasteiger partial charge is 0.309 e. The Balaban J connectivity index is 2.34. The number of rotatable bonds is 4. The minimum absolute atomic E-state index is 0.0499. The van der Waals surface area contributed by atoms with Gasteiger partial charge in [-0.1, -0.05) is 0 Å². The van der Waals surface area contributed by atoms with Crippen LogP contribution in [0.3, 0.4) is 0 Å². The van der Waals surface area contributed by atoms with Crippen molar-refractivity contribution < 1.29 is 9.72 Å². The molecule has 0 N–H and O–H groups in total. The summed E-state index contributed by atoms with van der Waals surface area (Å²) < 4.78 is 1.80. The van der Waals surface area contributed by atoms with Gasteiger partial charge in [0.15, 0.2) is 11.4 Å². The van der Waals surface area contributed by atoms with Crippen molar-refractivity contribution in [3.63, 3.8) is 0 Å². The van der Waals surface area contributed by atoms with Crippen molar-refractivity contribution >= 4 is 23.7 Å². The monoisotopic (exact) mass is 278 g/mol. The second-order valence-electron chi connectivity index (χ2n) is 3.79. The summed E-state index contributed by atoms with van der Waals surface area (Å²) >= 11 is 1.29. The van der Waals surface area contributed by atoms with Crippen LogP contribution in [0.2, 0.25) is 0 Å². The molecule has 0 aliphatic rings. The molecule has 1 aromatic heterocycles. The number of hydrogen-bond donors (Lipinski definition) is 0. The predicted molar refractivity (Wildman–Crippen MR) is 68.3 cm³/mol. The summed E-state index contributed by atoms with van der Waals surface area (Å²) in [6.07, 6.45) is 0.476. The first-order valence-corrected chi connectivity index (χ1v) is 6.12. The molecule has 0 spiro atoms. The molecule has 0 aliphatic heterocycles. The number of nitro groups is 1. The minimum atomic E-state index is -0.579. The van der Waals surface area contributed by atoms with Gasteiger partial charge in [0.05, 0.1) is 10.5 Å². The fraction of sp³-hybridized carbons (Fsp3) is 0.182. The van der Waals surface area contributed by atoms with Gasteiger partial charge in [-0.25, -0.2) is 0 Å². The lowest BCUT2D eigenvalue weighted by Crippen LogP contribution is -1.95. The van der Waals surface area contributed by atoms with E-state index in [1.54, 1.807) is 10.6 Å². The van der Waals surface area contributed by atoms with Crippen molar-refractivity contribution in [1.82, 2.24) is 14.8 Å². The molecule has 0 saturated carbocycles. The Kier molecular flexibility index (Phi) is 3.61. The summed E-state index contributed by atoms with van der Waals surface area (Å²) in [5.74, 6) is 0.764. The standard InChI is InChI=1S/C11H10N4O3S/c1-7-12-13-11(14(7)2)19-9-3-4-10(15(17)18)8(5-9)6-16/h3-6H,1-2H3. The zero-order chi connectivity index (χ0) is 14.0. The molecule has 2 aromatic rings. The number of carbonyl (C=O) groups is 1. The molecule has 7 nitrogen and oxygen atoms in total. The lowest BCUT2D eigenvalue weighted by atomic mass is 10.2. The van der Waals surface area contributed by atoms with Crippen LogP contribution in [0.15, 0.2) is 28.3 Å². The molecular weight excluding hydrogens is 268 g/mol. The van der Waals surface area contributed by atoms with Gasteiger partial charge in [0.25, 0.3) is 5.69 Å². The Morgan fingerprint density at radius 2 is 2.16 bits per heavy atom. The fourth-order valence-electron chi connectivity index (χ4n) is 1.44. The number of aldehydes is 1. The van der Waals surface area contributed by atoms with Crippen LogP contribution in [0.4, 0.5) is 5.69 Å². The number of carbonyl (C=O) groups excluding carboxylic acids is 1. The van der Waals surface area contributed by atoms with E-state index in [9.17, 15) is 14.9 Å². The summed E-state index contributed by atoms with van der Waals surface area (Å²) in [5.41, 5.74) is -0.151. The van der Waals surface area contributed by atoms with Crippen molar-refractivity contribution in [3.05, 3.63) is 39.7 Å². The smallest absolute Gasteiger partial charge is 0.279 e. The number of hydrogen-bond acceptors (Lipinski definition) is 6. The van der Waals surface area contributed by atoms with Crippen LogP contribution in [0.25, 0.3) is 0 Å². The van der Waals surface area contributed by atoms with Crippen molar-refractivity contribution in [1.29, 1.82) is 0 Å².